The molecule has 1 aliphatic rings. The van der Waals surface area contributed by atoms with Crippen molar-refractivity contribution < 1.29 is 24.5 Å². The summed E-state index contributed by atoms with van der Waals surface area (Å²) < 4.78 is 6.65. The smallest absolute Gasteiger partial charge is 0.359 e. The fourth-order valence-electron chi connectivity index (χ4n) is 3.20. The molecular formula is C23H29N3O5. The summed E-state index contributed by atoms with van der Waals surface area (Å²) in [5.74, 6) is 2.11. The van der Waals surface area contributed by atoms with Gasteiger partial charge in [-0.2, -0.15) is 5.10 Å². The maximum absolute atomic E-state index is 12.1. The molecule has 2 atom stereocenters. The molecule has 2 aromatic rings. The van der Waals surface area contributed by atoms with Crippen molar-refractivity contribution in [2.75, 3.05) is 20.2 Å². The van der Waals surface area contributed by atoms with Gasteiger partial charge in [0.15, 0.2) is 5.69 Å². The Morgan fingerprint density at radius 1 is 1.52 bits per heavy atom. The molecule has 1 aromatic heterocycles. The highest BCUT2D eigenvalue weighted by Crippen LogP contribution is 2.35. The van der Waals surface area contributed by atoms with Gasteiger partial charge in [0.25, 0.3) is 0 Å². The number of benzene rings is 1. The predicted octanol–water partition coefficient (Wildman–Crippen LogP) is 1.86. The third kappa shape index (κ3) is 6.17. The molecule has 0 fully saturated rings. The summed E-state index contributed by atoms with van der Waals surface area (Å²) in [7, 11) is 1.69. The van der Waals surface area contributed by atoms with E-state index in [0.29, 0.717) is 37.1 Å². The van der Waals surface area contributed by atoms with E-state index in [-0.39, 0.29) is 18.4 Å². The van der Waals surface area contributed by atoms with Crippen LogP contribution >= 0.6 is 0 Å². The minimum Gasteiger partial charge on any atom is -0.461 e. The van der Waals surface area contributed by atoms with Crippen LogP contribution in [0.5, 0.6) is 0 Å². The lowest BCUT2D eigenvalue weighted by Gasteiger charge is -2.10. The molecule has 1 aromatic carbocycles. The number of carbonyl (C=O) groups is 2. The fourth-order valence-corrected chi connectivity index (χ4v) is 3.20. The van der Waals surface area contributed by atoms with E-state index in [0.717, 1.165) is 17.7 Å². The minimum atomic E-state index is -0.639. The van der Waals surface area contributed by atoms with Crippen molar-refractivity contribution in [3.8, 4) is 18.0 Å². The van der Waals surface area contributed by atoms with Gasteiger partial charge in [-0.25, -0.2) is 9.48 Å². The molecule has 0 radical (unpaired) electrons. The Balaban J connectivity index is 0.000000323. The maximum Gasteiger partial charge on any atom is 0.359 e. The lowest BCUT2D eigenvalue weighted by molar-refractivity contribution is -0.117. The van der Waals surface area contributed by atoms with Crippen LogP contribution in [-0.4, -0.2) is 63.6 Å². The van der Waals surface area contributed by atoms with E-state index in [1.807, 2.05) is 18.2 Å². The first-order chi connectivity index (χ1) is 14.8. The summed E-state index contributed by atoms with van der Waals surface area (Å²) in [4.78, 5) is 23.5. The minimum absolute atomic E-state index is 0.277. The van der Waals surface area contributed by atoms with Crippen molar-refractivity contribution in [1.82, 2.24) is 14.7 Å². The van der Waals surface area contributed by atoms with Crippen LogP contribution in [0.3, 0.4) is 0 Å². The zero-order chi connectivity index (χ0) is 23.0. The molecule has 2 unspecified atom stereocenters. The van der Waals surface area contributed by atoms with Gasteiger partial charge in [-0.3, -0.25) is 4.79 Å². The molecule has 2 N–H and O–H groups in total. The number of nitrogens with zero attached hydrogens (tertiary/aromatic N) is 3. The molecule has 0 bridgehead atoms. The Morgan fingerprint density at radius 2 is 2.26 bits per heavy atom. The van der Waals surface area contributed by atoms with Crippen molar-refractivity contribution in [1.29, 1.82) is 0 Å². The first kappa shape index (κ1) is 24.1. The van der Waals surface area contributed by atoms with Gasteiger partial charge in [0.05, 0.1) is 30.2 Å². The van der Waals surface area contributed by atoms with Gasteiger partial charge in [-0.1, -0.05) is 12.0 Å². The molecule has 166 valence electrons. The van der Waals surface area contributed by atoms with Gasteiger partial charge in [-0.15, -0.1) is 6.42 Å². The van der Waals surface area contributed by atoms with Crippen molar-refractivity contribution >= 4 is 12.4 Å². The van der Waals surface area contributed by atoms with Crippen LogP contribution < -0.4 is 0 Å². The number of aromatic nitrogens is 2. The summed E-state index contributed by atoms with van der Waals surface area (Å²) in [5.41, 5.74) is 3.13. The summed E-state index contributed by atoms with van der Waals surface area (Å²) >= 11 is 0. The number of ether oxygens (including phenoxy) is 1. The number of rotatable bonds is 7. The van der Waals surface area contributed by atoms with E-state index in [9.17, 15) is 14.7 Å². The van der Waals surface area contributed by atoms with Gasteiger partial charge in [-0.05, 0) is 51.3 Å². The highest BCUT2D eigenvalue weighted by Gasteiger charge is 2.33. The van der Waals surface area contributed by atoms with Crippen molar-refractivity contribution in [3.63, 3.8) is 0 Å². The largest absolute Gasteiger partial charge is 0.461 e. The molecule has 0 saturated carbocycles. The monoisotopic (exact) mass is 427 g/mol. The van der Waals surface area contributed by atoms with E-state index in [1.165, 1.54) is 4.90 Å². The zero-order valence-electron chi connectivity index (χ0n) is 18.1. The molecule has 3 rings (SSSR count). The Hall–Kier alpha value is -3.15. The van der Waals surface area contributed by atoms with Gasteiger partial charge >= 0.3 is 5.97 Å². The molecule has 0 aliphatic heterocycles. The van der Waals surface area contributed by atoms with Gasteiger partial charge in [0.2, 0.25) is 6.41 Å². The van der Waals surface area contributed by atoms with Crippen molar-refractivity contribution in [3.05, 3.63) is 46.8 Å². The molecule has 1 amide bonds. The molecule has 1 heterocycles. The normalized spacial score (nSPS) is 15.2. The average Bonchev–Trinajstić information content (AvgIpc) is 3.33. The van der Waals surface area contributed by atoms with E-state index < -0.39 is 12.1 Å². The summed E-state index contributed by atoms with van der Waals surface area (Å²) in [6.45, 7) is 4.37. The Kier molecular flexibility index (Phi) is 8.79. The van der Waals surface area contributed by atoms with Crippen molar-refractivity contribution in [2.24, 2.45) is 0 Å². The second-order valence-electron chi connectivity index (χ2n) is 7.32. The quantitative estimate of drug-likeness (QED) is 0.397. The first-order valence-corrected chi connectivity index (χ1v) is 10.2. The van der Waals surface area contributed by atoms with Gasteiger partial charge < -0.3 is 19.8 Å². The number of amides is 1. The van der Waals surface area contributed by atoms with Crippen LogP contribution in [0, 0.1) is 12.3 Å². The zero-order valence-corrected chi connectivity index (χ0v) is 18.1. The third-order valence-electron chi connectivity index (χ3n) is 4.81. The van der Waals surface area contributed by atoms with Gasteiger partial charge in [0, 0.05) is 24.7 Å². The predicted molar refractivity (Wildman–Crippen MR) is 116 cm³/mol. The van der Waals surface area contributed by atoms with Crippen LogP contribution in [0.15, 0.2) is 24.3 Å². The summed E-state index contributed by atoms with van der Waals surface area (Å²) in [5, 5.41) is 23.3. The van der Waals surface area contributed by atoms with Crippen LogP contribution in [0.1, 0.15) is 60.1 Å². The standard InChI is InChI=1S/C17H16N2O3.C6H13NO2/c1-3-11-6-5-7-12(10-11)19-16-13(8-9-14(16)20)15(18-19)17(21)22-4-2;1-6(9)3-4-7(2)5-8/h1,5-7,10,14,20H,4,8-9H2,2H3;5-6,9H,3-4H2,1-2H3. The van der Waals surface area contributed by atoms with Crippen LogP contribution in [0.2, 0.25) is 0 Å². The maximum atomic E-state index is 12.1. The highest BCUT2D eigenvalue weighted by atomic mass is 16.5. The molecule has 31 heavy (non-hydrogen) atoms. The number of carbonyl (C=O) groups excluding carboxylic acids is 2. The molecule has 8 heteroatoms. The number of hydrogen-bond acceptors (Lipinski definition) is 6. The number of terminal acetylenes is 1. The SMILES string of the molecule is C#Cc1cccc(-n2nc(C(=O)OCC)c3c2C(O)CC3)c1.CC(O)CCN(C)C=O. The summed E-state index contributed by atoms with van der Waals surface area (Å²) in [6.07, 6.45) is 7.06. The van der Waals surface area contributed by atoms with Crippen molar-refractivity contribution in [2.45, 2.75) is 45.3 Å². The first-order valence-electron chi connectivity index (χ1n) is 10.2. The number of esters is 1. The van der Waals surface area contributed by atoms with Gasteiger partial charge in [0.1, 0.15) is 0 Å². The Morgan fingerprint density at radius 3 is 2.87 bits per heavy atom. The third-order valence-corrected chi connectivity index (χ3v) is 4.81. The topological polar surface area (TPSA) is 105 Å². The number of fused-ring (bicyclic) bond motifs is 1. The number of hydrogen-bond donors (Lipinski definition) is 2. The molecule has 0 spiro atoms. The Bertz CT molecular complexity index is 945. The van der Waals surface area contributed by atoms with E-state index >= 15 is 0 Å². The second kappa shape index (κ2) is 11.3. The highest BCUT2D eigenvalue weighted by molar-refractivity contribution is 5.89. The van der Waals surface area contributed by atoms with E-state index in [4.69, 9.17) is 16.3 Å². The second-order valence-corrected chi connectivity index (χ2v) is 7.32. The van der Waals surface area contributed by atoms with E-state index in [2.05, 4.69) is 11.0 Å². The molecular weight excluding hydrogens is 398 g/mol. The molecule has 0 saturated heterocycles. The average molecular weight is 428 g/mol. The number of aliphatic hydroxyl groups is 2. The fraction of sp³-hybridized carbons (Fsp3) is 0.435. The lowest BCUT2D eigenvalue weighted by Crippen LogP contribution is -2.20. The van der Waals surface area contributed by atoms with Crippen LogP contribution in [0.4, 0.5) is 0 Å². The lowest BCUT2D eigenvalue weighted by atomic mass is 10.2. The van der Waals surface area contributed by atoms with Crippen LogP contribution in [0.25, 0.3) is 5.69 Å². The molecule has 1 aliphatic carbocycles. The Labute approximate surface area is 182 Å². The number of aliphatic hydroxyl groups excluding tert-OH is 2. The molecule has 8 nitrogen and oxygen atoms in total. The van der Waals surface area contributed by atoms with E-state index in [1.54, 1.807) is 31.6 Å². The van der Waals surface area contributed by atoms with Crippen LogP contribution in [-0.2, 0) is 16.0 Å². The summed E-state index contributed by atoms with van der Waals surface area (Å²) in [6, 6.07) is 7.28.